The van der Waals surface area contributed by atoms with Crippen LogP contribution in [0.25, 0.3) is 11.3 Å². The first-order chi connectivity index (χ1) is 18.9. The van der Waals surface area contributed by atoms with Crippen molar-refractivity contribution in [1.29, 1.82) is 0 Å². The molecule has 1 aliphatic carbocycles. The summed E-state index contributed by atoms with van der Waals surface area (Å²) in [4.78, 5) is 21.5. The highest BCUT2D eigenvalue weighted by molar-refractivity contribution is 7.14. The van der Waals surface area contributed by atoms with Crippen LogP contribution in [0.15, 0.2) is 35.7 Å². The topological polar surface area (TPSA) is 75.1 Å². The van der Waals surface area contributed by atoms with E-state index in [9.17, 15) is 9.90 Å². The van der Waals surface area contributed by atoms with Gasteiger partial charge in [-0.2, -0.15) is 0 Å². The van der Waals surface area contributed by atoms with Gasteiger partial charge in [-0.05, 0) is 72.9 Å². The lowest BCUT2D eigenvalue weighted by molar-refractivity contribution is -0.144. The third kappa shape index (κ3) is 4.33. The van der Waals surface area contributed by atoms with Gasteiger partial charge in [0.05, 0.1) is 30.4 Å². The van der Waals surface area contributed by atoms with Crippen molar-refractivity contribution in [2.24, 2.45) is 11.3 Å². The van der Waals surface area contributed by atoms with E-state index in [0.29, 0.717) is 19.1 Å². The number of benzene rings is 2. The summed E-state index contributed by atoms with van der Waals surface area (Å²) in [6.07, 6.45) is 2.57. The molecule has 4 heterocycles. The zero-order valence-electron chi connectivity index (χ0n) is 22.6. The Morgan fingerprint density at radius 1 is 1.23 bits per heavy atom. The second-order valence-electron chi connectivity index (χ2n) is 11.7. The quantitative estimate of drug-likeness (QED) is 0.445. The van der Waals surface area contributed by atoms with E-state index in [0.717, 1.165) is 79.9 Å². The molecule has 0 bridgehead atoms. The molecule has 2 aromatic carbocycles. The molecule has 3 aliphatic heterocycles. The summed E-state index contributed by atoms with van der Waals surface area (Å²) in [5, 5.41) is 12.7. The van der Waals surface area contributed by atoms with Crippen molar-refractivity contribution in [2.45, 2.75) is 52.3 Å². The molecule has 1 saturated carbocycles. The van der Waals surface area contributed by atoms with Gasteiger partial charge in [0, 0.05) is 37.1 Å². The number of carboxylic acid groups (broad SMARTS) is 1. The van der Waals surface area contributed by atoms with Crippen molar-refractivity contribution in [1.82, 2.24) is 9.88 Å². The van der Waals surface area contributed by atoms with Crippen LogP contribution in [0.4, 0.5) is 5.13 Å². The zero-order chi connectivity index (χ0) is 26.7. The van der Waals surface area contributed by atoms with Crippen LogP contribution in [0, 0.1) is 25.2 Å². The van der Waals surface area contributed by atoms with Crippen molar-refractivity contribution in [3.63, 3.8) is 0 Å². The van der Waals surface area contributed by atoms with Crippen LogP contribution in [0.1, 0.15) is 40.7 Å². The highest BCUT2D eigenvalue weighted by atomic mass is 32.1. The van der Waals surface area contributed by atoms with E-state index >= 15 is 0 Å². The third-order valence-electron chi connectivity index (χ3n) is 9.52. The first-order valence-electron chi connectivity index (χ1n) is 14.0. The number of hydrogen-bond acceptors (Lipinski definition) is 7. The summed E-state index contributed by atoms with van der Waals surface area (Å²) in [6, 6.07) is 11.3. The number of thiazole rings is 1. The Bertz CT molecular complexity index is 1430. The lowest BCUT2D eigenvalue weighted by atomic mass is 9.91. The lowest BCUT2D eigenvalue weighted by Gasteiger charge is -2.40. The molecular formula is C31H35N3O4S. The number of aromatic nitrogens is 1. The fourth-order valence-corrected chi connectivity index (χ4v) is 7.57. The van der Waals surface area contributed by atoms with Crippen molar-refractivity contribution >= 4 is 22.4 Å². The molecule has 1 N–H and O–H groups in total. The zero-order valence-corrected chi connectivity index (χ0v) is 23.4. The van der Waals surface area contributed by atoms with Gasteiger partial charge in [-0.3, -0.25) is 9.69 Å². The number of anilines is 1. The maximum atomic E-state index is 11.7. The highest BCUT2D eigenvalue weighted by Gasteiger charge is 2.62. The molecule has 39 heavy (non-hydrogen) atoms. The Balaban J connectivity index is 1.07. The van der Waals surface area contributed by atoms with Crippen LogP contribution in [-0.4, -0.2) is 59.8 Å². The average molecular weight is 546 g/mol. The maximum Gasteiger partial charge on any atom is 0.310 e. The molecule has 0 unspecified atom stereocenters. The molecule has 0 spiro atoms. The molecule has 1 aromatic heterocycles. The number of para-hydroxylation sites is 1. The molecule has 3 fully saturated rings. The SMILES string of the molecule is Cc1cccc(-c2csc(N3CC[C@@]4(C(=O)O)C[C@H]4C3)n2)c1OCc1ccc2c(c1C)CCN(C1COC1)C2. The monoisotopic (exact) mass is 545 g/mol. The van der Waals surface area contributed by atoms with Crippen LogP contribution in [0.3, 0.4) is 0 Å². The van der Waals surface area contributed by atoms with Gasteiger partial charge in [-0.1, -0.05) is 24.3 Å². The van der Waals surface area contributed by atoms with Gasteiger partial charge in [0.25, 0.3) is 0 Å². The Kier molecular flexibility index (Phi) is 6.17. The number of nitrogens with zero attached hydrogens (tertiary/aromatic N) is 3. The predicted octanol–water partition coefficient (Wildman–Crippen LogP) is 5.06. The summed E-state index contributed by atoms with van der Waals surface area (Å²) in [7, 11) is 0. The second-order valence-corrected chi connectivity index (χ2v) is 12.5. The molecule has 3 aromatic rings. The summed E-state index contributed by atoms with van der Waals surface area (Å²) < 4.78 is 12.0. The van der Waals surface area contributed by atoms with Gasteiger partial charge in [-0.15, -0.1) is 11.3 Å². The first-order valence-corrected chi connectivity index (χ1v) is 14.9. The van der Waals surface area contributed by atoms with Gasteiger partial charge >= 0.3 is 5.97 Å². The summed E-state index contributed by atoms with van der Waals surface area (Å²) >= 11 is 1.63. The lowest BCUT2D eigenvalue weighted by Crippen LogP contribution is -2.50. The van der Waals surface area contributed by atoms with Gasteiger partial charge in [0.1, 0.15) is 12.4 Å². The summed E-state index contributed by atoms with van der Waals surface area (Å²) in [5.74, 6) is 0.492. The standard InChI is InChI=1S/C31H35N3O4S/c1-19-4-3-5-26(27-18-39-30(32-27)34-11-9-31(29(35)36)12-23(31)14-34)28(19)38-15-22-7-6-21-13-33(24-16-37-17-24)10-8-25(21)20(22)2/h3-7,18,23-24H,8-17H2,1-2H3,(H,35,36)/t23-,31+/m0/s1. The van der Waals surface area contributed by atoms with Gasteiger partial charge < -0.3 is 19.5 Å². The van der Waals surface area contributed by atoms with Crippen molar-refractivity contribution in [2.75, 3.05) is 37.7 Å². The molecule has 0 radical (unpaired) electrons. The number of hydrogen-bond donors (Lipinski definition) is 1. The van der Waals surface area contributed by atoms with E-state index < -0.39 is 11.4 Å². The Morgan fingerprint density at radius 2 is 2.10 bits per heavy atom. The fourth-order valence-electron chi connectivity index (χ4n) is 6.70. The van der Waals surface area contributed by atoms with Gasteiger partial charge in [0.15, 0.2) is 5.13 Å². The van der Waals surface area contributed by atoms with Crippen LogP contribution >= 0.6 is 11.3 Å². The van der Waals surface area contributed by atoms with Crippen LogP contribution in [0.2, 0.25) is 0 Å². The average Bonchev–Trinajstić information content (AvgIpc) is 3.46. The van der Waals surface area contributed by atoms with Gasteiger partial charge in [-0.25, -0.2) is 4.98 Å². The molecule has 2 atom stereocenters. The number of piperidine rings is 1. The fraction of sp³-hybridized carbons (Fsp3) is 0.484. The first kappa shape index (κ1) is 25.1. The number of aliphatic carboxylic acids is 1. The Labute approximate surface area is 233 Å². The minimum Gasteiger partial charge on any atom is -0.488 e. The van der Waals surface area contributed by atoms with E-state index in [2.05, 4.69) is 59.4 Å². The molecule has 0 amide bonds. The predicted molar refractivity (Wildman–Crippen MR) is 152 cm³/mol. The van der Waals surface area contributed by atoms with Crippen LogP contribution < -0.4 is 9.64 Å². The van der Waals surface area contributed by atoms with E-state index in [1.165, 1.54) is 22.3 Å². The van der Waals surface area contributed by atoms with Gasteiger partial charge in [0.2, 0.25) is 0 Å². The Morgan fingerprint density at radius 3 is 2.87 bits per heavy atom. The largest absolute Gasteiger partial charge is 0.488 e. The molecule has 7 nitrogen and oxygen atoms in total. The molecule has 204 valence electrons. The molecule has 2 saturated heterocycles. The highest BCUT2D eigenvalue weighted by Crippen LogP contribution is 2.58. The molecule has 8 heteroatoms. The van der Waals surface area contributed by atoms with E-state index in [4.69, 9.17) is 14.5 Å². The minimum atomic E-state index is -0.631. The van der Waals surface area contributed by atoms with E-state index in [1.807, 2.05) is 0 Å². The van der Waals surface area contributed by atoms with Crippen LogP contribution in [-0.2, 0) is 29.1 Å². The van der Waals surface area contributed by atoms with Crippen molar-refractivity contribution in [3.8, 4) is 17.0 Å². The molecule has 4 aliphatic rings. The number of carboxylic acids is 1. The van der Waals surface area contributed by atoms with Crippen molar-refractivity contribution in [3.05, 3.63) is 63.5 Å². The summed E-state index contributed by atoms with van der Waals surface area (Å²) in [5.41, 5.74) is 8.05. The minimum absolute atomic E-state index is 0.240. The number of aryl methyl sites for hydroxylation is 1. The number of ether oxygens (including phenoxy) is 2. The molecular weight excluding hydrogens is 510 g/mol. The second kappa shape index (κ2) is 9.61. The van der Waals surface area contributed by atoms with Crippen LogP contribution in [0.5, 0.6) is 5.75 Å². The molecule has 7 rings (SSSR count). The smallest absolute Gasteiger partial charge is 0.310 e. The third-order valence-corrected chi connectivity index (χ3v) is 10.4. The number of carbonyl (C=O) groups is 1. The van der Waals surface area contributed by atoms with Crippen molar-refractivity contribution < 1.29 is 19.4 Å². The number of fused-ring (bicyclic) bond motifs is 2. The maximum absolute atomic E-state index is 11.7. The number of rotatable bonds is 7. The summed E-state index contributed by atoms with van der Waals surface area (Å²) in [6.45, 7) is 10.2. The van der Waals surface area contributed by atoms with E-state index in [-0.39, 0.29) is 5.92 Å². The Hall–Kier alpha value is -2.94. The normalized spacial score (nSPS) is 24.6. The van der Waals surface area contributed by atoms with E-state index in [1.54, 1.807) is 11.3 Å².